The highest BCUT2D eigenvalue weighted by Gasteiger charge is 2.29. The fraction of sp³-hybridized carbons (Fsp3) is 0.467. The van der Waals surface area contributed by atoms with E-state index < -0.39 is 5.82 Å². The maximum absolute atomic E-state index is 13.4. The number of carbonyl (C=O) groups is 1. The molecule has 0 bridgehead atoms. The third kappa shape index (κ3) is 3.51. The van der Waals surface area contributed by atoms with Crippen LogP contribution in [0, 0.1) is 12.7 Å². The third-order valence-electron chi connectivity index (χ3n) is 3.92. The van der Waals surface area contributed by atoms with Crippen molar-refractivity contribution in [2.75, 3.05) is 6.54 Å². The lowest BCUT2D eigenvalue weighted by Gasteiger charge is -2.29. The number of oxime groups is 1. The van der Waals surface area contributed by atoms with Crippen molar-refractivity contribution in [3.05, 3.63) is 35.1 Å². The number of amides is 1. The van der Waals surface area contributed by atoms with Gasteiger partial charge in [-0.05, 0) is 37.5 Å². The Hall–Kier alpha value is -2.11. The van der Waals surface area contributed by atoms with E-state index in [-0.39, 0.29) is 24.3 Å². The molecule has 1 saturated carbocycles. The lowest BCUT2D eigenvalue weighted by Crippen LogP contribution is -2.44. The van der Waals surface area contributed by atoms with Crippen LogP contribution in [-0.4, -0.2) is 34.4 Å². The fourth-order valence-electron chi connectivity index (χ4n) is 2.77. The Morgan fingerprint density at radius 2 is 2.14 bits per heavy atom. The molecule has 0 aliphatic heterocycles. The first-order valence-electron chi connectivity index (χ1n) is 7.06. The van der Waals surface area contributed by atoms with E-state index in [4.69, 9.17) is 10.9 Å². The number of hydrogen-bond acceptors (Lipinski definition) is 3. The normalized spacial score (nSPS) is 16.2. The molecule has 0 heterocycles. The van der Waals surface area contributed by atoms with E-state index in [9.17, 15) is 9.18 Å². The molecule has 3 N–H and O–H groups in total. The molecule has 0 atom stereocenters. The first-order valence-corrected chi connectivity index (χ1v) is 7.06. The maximum Gasteiger partial charge on any atom is 0.254 e. The van der Waals surface area contributed by atoms with Gasteiger partial charge in [-0.25, -0.2) is 4.39 Å². The van der Waals surface area contributed by atoms with Gasteiger partial charge in [-0.1, -0.05) is 24.1 Å². The Kier molecular flexibility index (Phi) is 4.77. The summed E-state index contributed by atoms with van der Waals surface area (Å²) >= 11 is 0. The van der Waals surface area contributed by atoms with Crippen LogP contribution in [0.15, 0.2) is 23.4 Å². The minimum atomic E-state index is -0.445. The number of halogens is 1. The Bertz CT molecular complexity index is 554. The number of benzene rings is 1. The van der Waals surface area contributed by atoms with Crippen molar-refractivity contribution < 1.29 is 14.4 Å². The van der Waals surface area contributed by atoms with E-state index in [2.05, 4.69) is 5.16 Å². The zero-order valence-electron chi connectivity index (χ0n) is 12.1. The van der Waals surface area contributed by atoms with Gasteiger partial charge in [0.05, 0.1) is 6.54 Å². The van der Waals surface area contributed by atoms with E-state index in [1.165, 1.54) is 12.1 Å². The van der Waals surface area contributed by atoms with E-state index in [1.807, 2.05) is 0 Å². The second-order valence-corrected chi connectivity index (χ2v) is 5.42. The molecule has 6 heteroatoms. The number of amidine groups is 1. The minimum absolute atomic E-state index is 0.0238. The molecule has 114 valence electrons. The van der Waals surface area contributed by atoms with Gasteiger partial charge in [-0.3, -0.25) is 4.79 Å². The summed E-state index contributed by atoms with van der Waals surface area (Å²) in [4.78, 5) is 14.3. The Balaban J connectivity index is 2.30. The summed E-state index contributed by atoms with van der Waals surface area (Å²) in [5, 5.41) is 11.7. The molecule has 0 spiro atoms. The van der Waals surface area contributed by atoms with Crippen molar-refractivity contribution in [3.63, 3.8) is 0 Å². The van der Waals surface area contributed by atoms with Gasteiger partial charge in [0.1, 0.15) is 5.82 Å². The van der Waals surface area contributed by atoms with E-state index in [0.29, 0.717) is 11.1 Å². The molecule has 1 aromatic rings. The van der Waals surface area contributed by atoms with Crippen LogP contribution in [0.2, 0.25) is 0 Å². The summed E-state index contributed by atoms with van der Waals surface area (Å²) in [5.74, 6) is -0.742. The fourth-order valence-corrected chi connectivity index (χ4v) is 2.77. The molecular formula is C15H20FN3O2. The van der Waals surface area contributed by atoms with Crippen molar-refractivity contribution in [3.8, 4) is 0 Å². The molecule has 5 nitrogen and oxygen atoms in total. The summed E-state index contributed by atoms with van der Waals surface area (Å²) < 4.78 is 13.4. The lowest BCUT2D eigenvalue weighted by molar-refractivity contribution is 0.0711. The molecular weight excluding hydrogens is 273 g/mol. The first-order chi connectivity index (χ1) is 10.0. The zero-order valence-corrected chi connectivity index (χ0v) is 12.1. The minimum Gasteiger partial charge on any atom is -0.409 e. The highest BCUT2D eigenvalue weighted by molar-refractivity contribution is 5.98. The van der Waals surface area contributed by atoms with Crippen molar-refractivity contribution in [1.29, 1.82) is 0 Å². The van der Waals surface area contributed by atoms with Gasteiger partial charge < -0.3 is 15.8 Å². The summed E-state index contributed by atoms with van der Waals surface area (Å²) in [6.45, 7) is 1.82. The van der Waals surface area contributed by atoms with Gasteiger partial charge in [-0.15, -0.1) is 0 Å². The molecule has 1 aliphatic carbocycles. The molecule has 21 heavy (non-hydrogen) atoms. The van der Waals surface area contributed by atoms with Gasteiger partial charge in [0.15, 0.2) is 5.84 Å². The summed E-state index contributed by atoms with van der Waals surface area (Å²) in [5.41, 5.74) is 6.60. The Morgan fingerprint density at radius 3 is 2.76 bits per heavy atom. The SMILES string of the molecule is Cc1ccc(F)cc1C(=O)N(CC(N)=NO)C1CCCC1. The number of carbonyl (C=O) groups excluding carboxylic acids is 1. The smallest absolute Gasteiger partial charge is 0.254 e. The molecule has 1 aromatic carbocycles. The van der Waals surface area contributed by atoms with Gasteiger partial charge in [0.2, 0.25) is 0 Å². The van der Waals surface area contributed by atoms with Crippen LogP contribution in [-0.2, 0) is 0 Å². The monoisotopic (exact) mass is 293 g/mol. The predicted octanol–water partition coefficient (Wildman–Crippen LogP) is 2.27. The summed E-state index contributed by atoms with van der Waals surface area (Å²) in [7, 11) is 0. The summed E-state index contributed by atoms with van der Waals surface area (Å²) in [6.07, 6.45) is 3.87. The standard InChI is InChI=1S/C15H20FN3O2/c1-10-6-7-11(16)8-13(10)15(20)19(9-14(17)18-21)12-4-2-3-5-12/h6-8,12,21H,2-5,9H2,1H3,(H2,17,18). The van der Waals surface area contributed by atoms with Crippen molar-refractivity contribution in [2.45, 2.75) is 38.6 Å². The largest absolute Gasteiger partial charge is 0.409 e. The molecule has 0 aromatic heterocycles. The van der Waals surface area contributed by atoms with Gasteiger partial charge >= 0.3 is 0 Å². The molecule has 0 unspecified atom stereocenters. The molecule has 1 aliphatic rings. The number of aryl methyl sites for hydroxylation is 1. The van der Waals surface area contributed by atoms with Crippen molar-refractivity contribution in [1.82, 2.24) is 4.90 Å². The van der Waals surface area contributed by atoms with Gasteiger partial charge in [-0.2, -0.15) is 0 Å². The highest BCUT2D eigenvalue weighted by atomic mass is 19.1. The summed E-state index contributed by atoms with van der Waals surface area (Å²) in [6, 6.07) is 4.21. The van der Waals surface area contributed by atoms with Crippen LogP contribution in [0.3, 0.4) is 0 Å². The average Bonchev–Trinajstić information content (AvgIpc) is 3.00. The van der Waals surface area contributed by atoms with Crippen LogP contribution < -0.4 is 5.73 Å². The van der Waals surface area contributed by atoms with Crippen molar-refractivity contribution in [2.24, 2.45) is 10.9 Å². The predicted molar refractivity (Wildman–Crippen MR) is 77.8 cm³/mol. The quantitative estimate of drug-likeness (QED) is 0.387. The van der Waals surface area contributed by atoms with Crippen molar-refractivity contribution >= 4 is 11.7 Å². The molecule has 2 rings (SSSR count). The topological polar surface area (TPSA) is 78.9 Å². The molecule has 1 amide bonds. The number of rotatable bonds is 4. The van der Waals surface area contributed by atoms with E-state index in [1.54, 1.807) is 17.9 Å². The average molecular weight is 293 g/mol. The van der Waals surface area contributed by atoms with Gasteiger partial charge in [0, 0.05) is 11.6 Å². The van der Waals surface area contributed by atoms with Crippen LogP contribution in [0.25, 0.3) is 0 Å². The Morgan fingerprint density at radius 1 is 1.48 bits per heavy atom. The maximum atomic E-state index is 13.4. The van der Waals surface area contributed by atoms with E-state index >= 15 is 0 Å². The number of nitrogens with zero attached hydrogens (tertiary/aromatic N) is 2. The highest BCUT2D eigenvalue weighted by Crippen LogP contribution is 2.25. The van der Waals surface area contributed by atoms with Crippen LogP contribution >= 0.6 is 0 Å². The van der Waals surface area contributed by atoms with Gasteiger partial charge in [0.25, 0.3) is 5.91 Å². The number of nitrogens with two attached hydrogens (primary N) is 1. The Labute approximate surface area is 123 Å². The van der Waals surface area contributed by atoms with E-state index in [0.717, 1.165) is 25.7 Å². The third-order valence-corrected chi connectivity index (χ3v) is 3.92. The van der Waals surface area contributed by atoms with Crippen LogP contribution in [0.1, 0.15) is 41.6 Å². The second-order valence-electron chi connectivity index (χ2n) is 5.42. The lowest BCUT2D eigenvalue weighted by atomic mass is 10.1. The van der Waals surface area contributed by atoms with Crippen LogP contribution in [0.5, 0.6) is 0 Å². The number of hydrogen-bond donors (Lipinski definition) is 2. The first kappa shape index (κ1) is 15.3. The molecule has 0 saturated heterocycles. The second kappa shape index (κ2) is 6.56. The zero-order chi connectivity index (χ0) is 15.4. The van der Waals surface area contributed by atoms with Crippen LogP contribution in [0.4, 0.5) is 4.39 Å². The molecule has 1 fully saturated rings. The molecule has 0 radical (unpaired) electrons.